The maximum absolute atomic E-state index is 13.3. The molecule has 4 rings (SSSR count). The highest BCUT2D eigenvalue weighted by Crippen LogP contribution is 2.34. The van der Waals surface area contributed by atoms with Gasteiger partial charge in [0.15, 0.2) is 0 Å². The minimum absolute atomic E-state index is 0.0261. The fraction of sp³-hybridized carbons (Fsp3) is 0.476. The molecule has 3 heterocycles. The van der Waals surface area contributed by atoms with E-state index in [4.69, 9.17) is 4.74 Å². The van der Waals surface area contributed by atoms with E-state index in [-0.39, 0.29) is 23.5 Å². The maximum Gasteiger partial charge on any atom is 0.256 e. The maximum atomic E-state index is 13.3. The Hall–Kier alpha value is -2.21. The van der Waals surface area contributed by atoms with E-state index in [2.05, 4.69) is 4.90 Å². The van der Waals surface area contributed by atoms with Crippen LogP contribution in [0.4, 0.5) is 5.69 Å². The Kier molecular flexibility index (Phi) is 6.92. The second-order valence-electron chi connectivity index (χ2n) is 8.42. The number of benzene rings is 1. The molecule has 1 aromatic heterocycles. The van der Waals surface area contributed by atoms with Gasteiger partial charge in [-0.1, -0.05) is 0 Å². The molecular formula is C21H27N4O7PS-2. The van der Waals surface area contributed by atoms with Crippen molar-refractivity contribution in [2.45, 2.75) is 31.6 Å². The molecule has 11 nitrogen and oxygen atoms in total. The molecule has 1 amide bonds. The molecule has 0 unspecified atom stereocenters. The first-order valence-corrected chi connectivity index (χ1v) is 14.0. The molecule has 0 aliphatic carbocycles. The summed E-state index contributed by atoms with van der Waals surface area (Å²) in [7, 11) is -9.04. The Morgan fingerprint density at radius 3 is 2.29 bits per heavy atom. The number of nitrogens with zero attached hydrogens (tertiary/aromatic N) is 3. The Labute approximate surface area is 198 Å². The van der Waals surface area contributed by atoms with Gasteiger partial charge in [0, 0.05) is 45.3 Å². The lowest BCUT2D eigenvalue weighted by Crippen LogP contribution is -2.40. The first-order chi connectivity index (χ1) is 16.0. The smallest absolute Gasteiger partial charge is 0.256 e. The number of sulfonamides is 1. The minimum atomic E-state index is -5.27. The van der Waals surface area contributed by atoms with Crippen molar-refractivity contribution in [1.82, 2.24) is 14.0 Å². The molecule has 0 radical (unpaired) electrons. The molecule has 2 aliphatic rings. The highest BCUT2D eigenvalue weighted by atomic mass is 32.2. The van der Waals surface area contributed by atoms with Crippen molar-refractivity contribution in [1.29, 1.82) is 0 Å². The first kappa shape index (κ1) is 24.9. The second kappa shape index (κ2) is 9.44. The number of rotatable bonds is 6. The van der Waals surface area contributed by atoms with Crippen LogP contribution in [0, 0.1) is 13.8 Å². The number of carbonyl (C=O) groups excluding carboxylic acids is 1. The molecule has 0 spiro atoms. The molecule has 2 aromatic rings. The summed E-state index contributed by atoms with van der Waals surface area (Å²) < 4.78 is 46.1. The number of amides is 1. The van der Waals surface area contributed by atoms with Crippen molar-refractivity contribution in [2.75, 3.05) is 44.3 Å². The molecule has 34 heavy (non-hydrogen) atoms. The fourth-order valence-corrected chi connectivity index (χ4v) is 6.35. The zero-order chi connectivity index (χ0) is 24.7. The lowest BCUT2D eigenvalue weighted by atomic mass is 10.2. The molecule has 1 N–H and O–H groups in total. The summed E-state index contributed by atoms with van der Waals surface area (Å²) >= 11 is 0. The van der Waals surface area contributed by atoms with Crippen LogP contribution >= 0.6 is 7.75 Å². The molecule has 2 saturated heterocycles. The lowest BCUT2D eigenvalue weighted by molar-refractivity contribution is -0.316. The van der Waals surface area contributed by atoms with E-state index in [1.54, 1.807) is 36.6 Å². The predicted molar refractivity (Wildman–Crippen MR) is 121 cm³/mol. The molecule has 2 fully saturated rings. The molecule has 186 valence electrons. The van der Waals surface area contributed by atoms with Gasteiger partial charge in [-0.15, -0.1) is 0 Å². The van der Waals surface area contributed by atoms with Gasteiger partial charge in [-0.05, 0) is 51.0 Å². The number of carbonyl (C=O) groups is 1. The van der Waals surface area contributed by atoms with Crippen LogP contribution in [0.25, 0.3) is 5.69 Å². The van der Waals surface area contributed by atoms with Gasteiger partial charge in [0.2, 0.25) is 10.0 Å². The van der Waals surface area contributed by atoms with Crippen LogP contribution in [0.15, 0.2) is 29.2 Å². The molecule has 0 atom stereocenters. The summed E-state index contributed by atoms with van der Waals surface area (Å²) in [5.74, 6) is -1.02. The van der Waals surface area contributed by atoms with Crippen LogP contribution in [0.2, 0.25) is 0 Å². The summed E-state index contributed by atoms with van der Waals surface area (Å²) in [5, 5.41) is 1.48. The summed E-state index contributed by atoms with van der Waals surface area (Å²) in [6, 6.07) is 6.44. The third-order valence-electron chi connectivity index (χ3n) is 6.16. The number of nitrogens with one attached hydrogen (secondary N) is 1. The van der Waals surface area contributed by atoms with Gasteiger partial charge in [0.25, 0.3) is 5.91 Å². The summed E-state index contributed by atoms with van der Waals surface area (Å²) in [6.45, 7) is 6.17. The van der Waals surface area contributed by atoms with Crippen LogP contribution in [0.3, 0.4) is 0 Å². The van der Waals surface area contributed by atoms with Crippen molar-refractivity contribution < 1.29 is 32.3 Å². The van der Waals surface area contributed by atoms with E-state index >= 15 is 0 Å². The van der Waals surface area contributed by atoms with Crippen molar-refractivity contribution in [3.8, 4) is 5.69 Å². The number of anilines is 1. The third kappa shape index (κ3) is 4.93. The lowest BCUT2D eigenvalue weighted by Gasteiger charge is -2.29. The first-order valence-electron chi connectivity index (χ1n) is 11.0. The molecule has 13 heteroatoms. The van der Waals surface area contributed by atoms with E-state index in [1.807, 2.05) is 0 Å². The molecule has 0 bridgehead atoms. The van der Waals surface area contributed by atoms with E-state index < -0.39 is 23.7 Å². The van der Waals surface area contributed by atoms with Gasteiger partial charge < -0.3 is 33.6 Å². The summed E-state index contributed by atoms with van der Waals surface area (Å²) in [6.07, 6.45) is 2.01. The van der Waals surface area contributed by atoms with Gasteiger partial charge >= 0.3 is 0 Å². The number of aromatic nitrogens is 1. The van der Waals surface area contributed by atoms with Crippen molar-refractivity contribution in [2.24, 2.45) is 0 Å². The standard InChI is InChI=1S/C21H29N4O7PS/c1-15-13-18(21(26)22-33(27,28)29)16(2)25(15)20-14-17(5-6-19(20)23-7-3-4-8-23)34(30,31)24-9-11-32-12-10-24/h5-6,13-14H,3-4,7-12H2,1-2H3,(H3,22,26,27,28,29)/p-2. The highest BCUT2D eigenvalue weighted by molar-refractivity contribution is 7.89. The van der Waals surface area contributed by atoms with Crippen molar-refractivity contribution in [3.05, 3.63) is 41.2 Å². The van der Waals surface area contributed by atoms with Gasteiger partial charge in [-0.3, -0.25) is 4.79 Å². The van der Waals surface area contributed by atoms with Crippen molar-refractivity contribution in [3.63, 3.8) is 0 Å². The number of hydrogen-bond donors (Lipinski definition) is 1. The summed E-state index contributed by atoms with van der Waals surface area (Å²) in [5.41, 5.74) is 2.39. The van der Waals surface area contributed by atoms with Crippen LogP contribution < -0.4 is 19.8 Å². The molecule has 0 saturated carbocycles. The average Bonchev–Trinajstić information content (AvgIpc) is 3.41. The Bertz CT molecular complexity index is 1240. The Morgan fingerprint density at radius 2 is 1.68 bits per heavy atom. The summed E-state index contributed by atoms with van der Waals surface area (Å²) in [4.78, 5) is 36.8. The van der Waals surface area contributed by atoms with Gasteiger partial charge in [0.05, 0.1) is 35.0 Å². The third-order valence-corrected chi connectivity index (χ3v) is 8.53. The monoisotopic (exact) mass is 510 g/mol. The highest BCUT2D eigenvalue weighted by Gasteiger charge is 2.29. The van der Waals surface area contributed by atoms with Gasteiger partial charge in [-0.25, -0.2) is 8.42 Å². The fourth-order valence-electron chi connectivity index (χ4n) is 4.55. The average molecular weight is 511 g/mol. The Morgan fingerprint density at radius 1 is 1.03 bits per heavy atom. The van der Waals surface area contributed by atoms with Crippen LogP contribution in [-0.4, -0.2) is 62.6 Å². The molecular weight excluding hydrogens is 483 g/mol. The van der Waals surface area contributed by atoms with E-state index in [0.717, 1.165) is 31.6 Å². The zero-order valence-corrected chi connectivity index (χ0v) is 20.7. The number of aryl methyl sites for hydroxylation is 1. The van der Waals surface area contributed by atoms with Gasteiger partial charge in [-0.2, -0.15) is 4.31 Å². The SMILES string of the molecule is Cc1cc(C(=O)NP(=O)([O-])[O-])c(C)n1-c1cc(S(=O)(=O)N2CCOCC2)ccc1N1CCCC1. The topological polar surface area (TPSA) is 147 Å². The number of morpholine rings is 1. The molecule has 2 aliphatic heterocycles. The van der Waals surface area contributed by atoms with Crippen molar-refractivity contribution >= 4 is 29.4 Å². The Balaban J connectivity index is 1.83. The van der Waals surface area contributed by atoms with Gasteiger partial charge in [0.1, 0.15) is 0 Å². The minimum Gasteiger partial charge on any atom is -0.795 e. The van der Waals surface area contributed by atoms with E-state index in [9.17, 15) is 27.6 Å². The van der Waals surface area contributed by atoms with E-state index in [0.29, 0.717) is 30.3 Å². The number of hydrogen-bond acceptors (Lipinski definition) is 8. The van der Waals surface area contributed by atoms with E-state index in [1.165, 1.54) is 15.5 Å². The number of ether oxygens (including phenoxy) is 1. The second-order valence-corrected chi connectivity index (χ2v) is 11.6. The van der Waals surface area contributed by atoms with Crippen LogP contribution in [0.5, 0.6) is 0 Å². The molecule has 1 aromatic carbocycles. The largest absolute Gasteiger partial charge is 0.795 e. The van der Waals surface area contributed by atoms with Crippen LogP contribution in [-0.2, 0) is 19.3 Å². The normalized spacial score (nSPS) is 17.8. The quantitative estimate of drug-likeness (QED) is 0.545. The zero-order valence-electron chi connectivity index (χ0n) is 19.0. The van der Waals surface area contributed by atoms with Crippen LogP contribution in [0.1, 0.15) is 34.6 Å². The predicted octanol–water partition coefficient (Wildman–Crippen LogP) is 0.274.